The van der Waals surface area contributed by atoms with Crippen molar-refractivity contribution >= 4 is 27.5 Å². The van der Waals surface area contributed by atoms with Crippen LogP contribution in [0.2, 0.25) is 0 Å². The van der Waals surface area contributed by atoms with Crippen LogP contribution in [0.3, 0.4) is 0 Å². The number of nitrogen functional groups attached to an aromatic ring is 1. The highest BCUT2D eigenvalue weighted by Crippen LogP contribution is 2.21. The molecular weight excluding hydrogens is 392 g/mol. The standard InChI is InChI=1S/C20H20N4O4S/c21-18-5-1-2-6-19(18)24-29(26,27)17-9-7-15(8-10-17)13-23-20(25)28-14-16-4-3-11-22-12-16/h1-12,24H,13-14,21H2,(H,23,25). The monoisotopic (exact) mass is 412 g/mol. The highest BCUT2D eigenvalue weighted by molar-refractivity contribution is 7.92. The van der Waals surface area contributed by atoms with Gasteiger partial charge in [0.1, 0.15) is 6.61 Å². The fourth-order valence-electron chi connectivity index (χ4n) is 2.44. The maximum absolute atomic E-state index is 12.5. The number of anilines is 2. The number of amides is 1. The fraction of sp³-hybridized carbons (Fsp3) is 0.100. The number of hydrogen-bond acceptors (Lipinski definition) is 6. The number of carbonyl (C=O) groups excluding carboxylic acids is 1. The Balaban J connectivity index is 1.54. The number of pyridine rings is 1. The van der Waals surface area contributed by atoms with Crippen LogP contribution in [-0.4, -0.2) is 19.5 Å². The number of nitrogens with zero attached hydrogens (tertiary/aromatic N) is 1. The van der Waals surface area contributed by atoms with Gasteiger partial charge < -0.3 is 15.8 Å². The lowest BCUT2D eigenvalue weighted by atomic mass is 10.2. The van der Waals surface area contributed by atoms with Crippen molar-refractivity contribution in [1.82, 2.24) is 10.3 Å². The molecule has 8 nitrogen and oxygen atoms in total. The van der Waals surface area contributed by atoms with Crippen LogP contribution >= 0.6 is 0 Å². The molecule has 1 aromatic heterocycles. The van der Waals surface area contributed by atoms with Gasteiger partial charge in [0.25, 0.3) is 10.0 Å². The molecule has 0 aliphatic heterocycles. The number of alkyl carbamates (subject to hydrolysis) is 1. The average molecular weight is 412 g/mol. The lowest BCUT2D eigenvalue weighted by Crippen LogP contribution is -2.23. The van der Waals surface area contributed by atoms with E-state index in [1.54, 1.807) is 60.9 Å². The molecule has 0 fully saturated rings. The van der Waals surface area contributed by atoms with E-state index >= 15 is 0 Å². The minimum atomic E-state index is -3.77. The van der Waals surface area contributed by atoms with Crippen molar-refractivity contribution in [3.8, 4) is 0 Å². The molecule has 0 bridgehead atoms. The summed E-state index contributed by atoms with van der Waals surface area (Å²) in [6.45, 7) is 0.316. The van der Waals surface area contributed by atoms with Gasteiger partial charge in [0.2, 0.25) is 0 Å². The third-order valence-electron chi connectivity index (χ3n) is 3.97. The van der Waals surface area contributed by atoms with E-state index in [2.05, 4.69) is 15.0 Å². The lowest BCUT2D eigenvalue weighted by molar-refractivity contribution is 0.139. The topological polar surface area (TPSA) is 123 Å². The van der Waals surface area contributed by atoms with Gasteiger partial charge >= 0.3 is 6.09 Å². The Kier molecular flexibility index (Phi) is 6.30. The molecule has 3 rings (SSSR count). The molecule has 1 heterocycles. The number of para-hydroxylation sites is 2. The van der Waals surface area contributed by atoms with E-state index in [-0.39, 0.29) is 18.0 Å². The molecule has 0 aliphatic carbocycles. The van der Waals surface area contributed by atoms with Crippen LogP contribution in [0, 0.1) is 0 Å². The number of nitrogens with one attached hydrogen (secondary N) is 2. The van der Waals surface area contributed by atoms with E-state index in [9.17, 15) is 13.2 Å². The smallest absolute Gasteiger partial charge is 0.407 e. The quantitative estimate of drug-likeness (QED) is 0.513. The first-order chi connectivity index (χ1) is 13.9. The maximum Gasteiger partial charge on any atom is 0.407 e. The van der Waals surface area contributed by atoms with Gasteiger partial charge in [0.05, 0.1) is 16.3 Å². The maximum atomic E-state index is 12.5. The van der Waals surface area contributed by atoms with E-state index in [1.165, 1.54) is 12.1 Å². The molecular formula is C20H20N4O4S. The van der Waals surface area contributed by atoms with Crippen LogP contribution < -0.4 is 15.8 Å². The number of sulfonamides is 1. The normalized spacial score (nSPS) is 10.9. The summed E-state index contributed by atoms with van der Waals surface area (Å²) in [6, 6.07) is 16.3. The lowest BCUT2D eigenvalue weighted by Gasteiger charge is -2.11. The van der Waals surface area contributed by atoms with Gasteiger partial charge in [-0.15, -0.1) is 0 Å². The number of carbonyl (C=O) groups is 1. The second-order valence-corrected chi connectivity index (χ2v) is 7.81. The first-order valence-corrected chi connectivity index (χ1v) is 10.2. The zero-order chi connectivity index (χ0) is 20.7. The summed E-state index contributed by atoms with van der Waals surface area (Å²) in [5.74, 6) is 0. The molecule has 2 aromatic carbocycles. The Labute approximate surface area is 168 Å². The van der Waals surface area contributed by atoms with Crippen molar-refractivity contribution < 1.29 is 17.9 Å². The summed E-state index contributed by atoms with van der Waals surface area (Å²) in [7, 11) is -3.77. The summed E-state index contributed by atoms with van der Waals surface area (Å²) >= 11 is 0. The van der Waals surface area contributed by atoms with E-state index in [0.717, 1.165) is 11.1 Å². The molecule has 1 amide bonds. The van der Waals surface area contributed by atoms with Crippen molar-refractivity contribution in [1.29, 1.82) is 0 Å². The predicted molar refractivity (Wildman–Crippen MR) is 109 cm³/mol. The second-order valence-electron chi connectivity index (χ2n) is 6.13. The second kappa shape index (κ2) is 9.07. The number of rotatable bonds is 7. The number of benzene rings is 2. The minimum Gasteiger partial charge on any atom is -0.445 e. The molecule has 0 atom stereocenters. The van der Waals surface area contributed by atoms with Crippen LogP contribution in [0.5, 0.6) is 0 Å². The first kappa shape index (κ1) is 20.2. The Morgan fingerprint density at radius 3 is 2.45 bits per heavy atom. The van der Waals surface area contributed by atoms with Crippen molar-refractivity contribution in [2.24, 2.45) is 0 Å². The average Bonchev–Trinajstić information content (AvgIpc) is 2.73. The molecule has 0 unspecified atom stereocenters. The molecule has 9 heteroatoms. The highest BCUT2D eigenvalue weighted by atomic mass is 32.2. The molecule has 0 spiro atoms. The summed E-state index contributed by atoms with van der Waals surface area (Å²) in [5, 5.41) is 2.61. The Morgan fingerprint density at radius 1 is 1.00 bits per heavy atom. The van der Waals surface area contributed by atoms with Crippen molar-refractivity contribution in [3.05, 3.63) is 84.2 Å². The number of ether oxygens (including phenoxy) is 1. The first-order valence-electron chi connectivity index (χ1n) is 8.70. The van der Waals surface area contributed by atoms with Crippen LogP contribution in [0.15, 0.2) is 78.0 Å². The zero-order valence-electron chi connectivity index (χ0n) is 15.4. The van der Waals surface area contributed by atoms with Gasteiger partial charge in [-0.1, -0.05) is 30.3 Å². The Bertz CT molecular complexity index is 1070. The van der Waals surface area contributed by atoms with Crippen LogP contribution in [0.4, 0.5) is 16.2 Å². The molecule has 3 aromatic rings. The number of hydrogen-bond donors (Lipinski definition) is 3. The summed E-state index contributed by atoms with van der Waals surface area (Å²) < 4.78 is 32.5. The van der Waals surface area contributed by atoms with Crippen LogP contribution in [0.1, 0.15) is 11.1 Å². The van der Waals surface area contributed by atoms with Gasteiger partial charge in [0.15, 0.2) is 0 Å². The Hall–Kier alpha value is -3.59. The number of nitrogens with two attached hydrogens (primary N) is 1. The van der Waals surface area contributed by atoms with Crippen LogP contribution in [0.25, 0.3) is 0 Å². The van der Waals surface area contributed by atoms with Crippen molar-refractivity contribution in [2.45, 2.75) is 18.0 Å². The molecule has 0 saturated carbocycles. The number of aromatic nitrogens is 1. The van der Waals surface area contributed by atoms with Gasteiger partial charge in [-0.2, -0.15) is 0 Å². The molecule has 4 N–H and O–H groups in total. The van der Waals surface area contributed by atoms with E-state index in [1.807, 2.05) is 0 Å². The fourth-order valence-corrected chi connectivity index (χ4v) is 3.53. The SMILES string of the molecule is Nc1ccccc1NS(=O)(=O)c1ccc(CNC(=O)OCc2cccnc2)cc1. The molecule has 0 saturated heterocycles. The summed E-state index contributed by atoms with van der Waals surface area (Å²) in [4.78, 5) is 15.8. The molecule has 0 aliphatic rings. The Morgan fingerprint density at radius 2 is 1.76 bits per heavy atom. The molecule has 0 radical (unpaired) electrons. The van der Waals surface area contributed by atoms with E-state index in [4.69, 9.17) is 10.5 Å². The van der Waals surface area contributed by atoms with Gasteiger partial charge in [0, 0.05) is 24.5 Å². The van der Waals surface area contributed by atoms with Crippen molar-refractivity contribution in [3.63, 3.8) is 0 Å². The molecule has 29 heavy (non-hydrogen) atoms. The van der Waals surface area contributed by atoms with E-state index in [0.29, 0.717) is 11.4 Å². The van der Waals surface area contributed by atoms with Gasteiger partial charge in [-0.05, 0) is 35.9 Å². The predicted octanol–water partition coefficient (Wildman–Crippen LogP) is 2.89. The van der Waals surface area contributed by atoms with E-state index < -0.39 is 16.1 Å². The third kappa shape index (κ3) is 5.69. The highest BCUT2D eigenvalue weighted by Gasteiger charge is 2.15. The largest absolute Gasteiger partial charge is 0.445 e. The summed E-state index contributed by atoms with van der Waals surface area (Å²) in [5.41, 5.74) is 7.93. The minimum absolute atomic E-state index is 0.0867. The zero-order valence-corrected chi connectivity index (χ0v) is 16.2. The van der Waals surface area contributed by atoms with Crippen molar-refractivity contribution in [2.75, 3.05) is 10.5 Å². The third-order valence-corrected chi connectivity index (χ3v) is 5.35. The summed E-state index contributed by atoms with van der Waals surface area (Å²) in [6.07, 6.45) is 2.67. The molecule has 150 valence electrons. The van der Waals surface area contributed by atoms with Gasteiger partial charge in [-0.3, -0.25) is 9.71 Å². The van der Waals surface area contributed by atoms with Crippen LogP contribution in [-0.2, 0) is 27.9 Å². The van der Waals surface area contributed by atoms with Gasteiger partial charge in [-0.25, -0.2) is 13.2 Å².